The third-order valence-corrected chi connectivity index (χ3v) is 3.71. The van der Waals surface area contributed by atoms with Gasteiger partial charge in [-0.1, -0.05) is 58.0 Å². The predicted octanol–water partition coefficient (Wildman–Crippen LogP) is 5.02. The Morgan fingerprint density at radius 2 is 1.70 bits per heavy atom. The molecule has 0 amide bonds. The molecule has 0 saturated heterocycles. The molecule has 0 spiro atoms. The predicted molar refractivity (Wildman–Crippen MR) is 86.0 cm³/mol. The number of pyridine rings is 1. The molecule has 1 heteroatoms. The first-order chi connectivity index (χ1) is 9.46. The van der Waals surface area contributed by atoms with Crippen LogP contribution in [-0.4, -0.2) is 4.98 Å². The summed E-state index contributed by atoms with van der Waals surface area (Å²) in [5.41, 5.74) is 4.43. The topological polar surface area (TPSA) is 12.9 Å². The molecule has 0 N–H and O–H groups in total. The molecule has 1 heterocycles. The molecule has 0 radical (unpaired) electrons. The van der Waals surface area contributed by atoms with Crippen molar-refractivity contribution in [2.45, 2.75) is 46.5 Å². The first-order valence-electron chi connectivity index (χ1n) is 7.44. The summed E-state index contributed by atoms with van der Waals surface area (Å²) in [7, 11) is 0. The Morgan fingerprint density at radius 1 is 1.00 bits per heavy atom. The average Bonchev–Trinajstić information content (AvgIpc) is 2.39. The van der Waals surface area contributed by atoms with Crippen molar-refractivity contribution >= 4 is 0 Å². The molecule has 106 valence electrons. The number of nitrogens with zero attached hydrogens (tertiary/aromatic N) is 1. The van der Waals surface area contributed by atoms with E-state index < -0.39 is 0 Å². The first kappa shape index (κ1) is 14.8. The molecule has 0 aliphatic heterocycles. The van der Waals surface area contributed by atoms with E-state index in [9.17, 15) is 0 Å². The molecule has 0 aliphatic rings. The van der Waals surface area contributed by atoms with Crippen molar-refractivity contribution in [3.8, 4) is 0 Å². The molecule has 0 atom stereocenters. The smallest absolute Gasteiger partial charge is 0.0300 e. The van der Waals surface area contributed by atoms with Gasteiger partial charge in [-0.2, -0.15) is 0 Å². The zero-order valence-corrected chi connectivity index (χ0v) is 13.1. The standard InChI is InChI=1S/C19H25N/c1-15(2)18-9-5-7-16(11-18)12-19(3,4)13-17-8-6-10-20-14-17/h5-11,14-15H,12-13H2,1-4H3. The van der Waals surface area contributed by atoms with Crippen LogP contribution in [0.3, 0.4) is 0 Å². The Hall–Kier alpha value is -1.63. The van der Waals surface area contributed by atoms with Crippen LogP contribution < -0.4 is 0 Å². The molecule has 0 aliphatic carbocycles. The minimum absolute atomic E-state index is 0.249. The van der Waals surface area contributed by atoms with Crippen LogP contribution in [0.1, 0.15) is 50.3 Å². The van der Waals surface area contributed by atoms with Gasteiger partial charge in [0.1, 0.15) is 0 Å². The lowest BCUT2D eigenvalue weighted by Gasteiger charge is -2.25. The lowest BCUT2D eigenvalue weighted by atomic mass is 9.80. The lowest BCUT2D eigenvalue weighted by Crippen LogP contribution is -2.18. The van der Waals surface area contributed by atoms with E-state index in [1.165, 1.54) is 16.7 Å². The number of benzene rings is 1. The molecule has 0 bridgehead atoms. The van der Waals surface area contributed by atoms with Gasteiger partial charge in [-0.15, -0.1) is 0 Å². The number of rotatable bonds is 5. The highest BCUT2D eigenvalue weighted by molar-refractivity contribution is 5.27. The van der Waals surface area contributed by atoms with Gasteiger partial charge in [0, 0.05) is 12.4 Å². The molecule has 0 saturated carbocycles. The maximum atomic E-state index is 4.21. The summed E-state index contributed by atoms with van der Waals surface area (Å²) >= 11 is 0. The first-order valence-corrected chi connectivity index (χ1v) is 7.44. The van der Waals surface area contributed by atoms with Crippen LogP contribution in [-0.2, 0) is 12.8 Å². The zero-order valence-electron chi connectivity index (χ0n) is 13.1. The van der Waals surface area contributed by atoms with Crippen LogP contribution in [0.15, 0.2) is 48.8 Å². The Morgan fingerprint density at radius 3 is 2.35 bits per heavy atom. The summed E-state index contributed by atoms with van der Waals surface area (Å²) in [5, 5.41) is 0. The Balaban J connectivity index is 2.09. The minimum Gasteiger partial charge on any atom is -0.264 e. The highest BCUT2D eigenvalue weighted by Crippen LogP contribution is 2.27. The van der Waals surface area contributed by atoms with Crippen molar-refractivity contribution in [3.05, 3.63) is 65.5 Å². The van der Waals surface area contributed by atoms with Gasteiger partial charge in [0.25, 0.3) is 0 Å². The summed E-state index contributed by atoms with van der Waals surface area (Å²) in [6, 6.07) is 13.2. The van der Waals surface area contributed by atoms with Gasteiger partial charge < -0.3 is 0 Å². The van der Waals surface area contributed by atoms with Crippen LogP contribution >= 0.6 is 0 Å². The second kappa shape index (κ2) is 6.21. The minimum atomic E-state index is 0.249. The summed E-state index contributed by atoms with van der Waals surface area (Å²) < 4.78 is 0. The summed E-state index contributed by atoms with van der Waals surface area (Å²) in [6.45, 7) is 9.17. The van der Waals surface area contributed by atoms with Gasteiger partial charge in [0.2, 0.25) is 0 Å². The Kier molecular flexibility index (Phi) is 4.59. The van der Waals surface area contributed by atoms with E-state index in [1.54, 1.807) is 0 Å². The third-order valence-electron chi connectivity index (χ3n) is 3.71. The van der Waals surface area contributed by atoms with Crippen LogP contribution in [0.4, 0.5) is 0 Å². The van der Waals surface area contributed by atoms with Gasteiger partial charge in [0.05, 0.1) is 0 Å². The SMILES string of the molecule is CC(C)c1cccc(CC(C)(C)Cc2cccnc2)c1. The molecular weight excluding hydrogens is 242 g/mol. The lowest BCUT2D eigenvalue weighted by molar-refractivity contribution is 0.360. The molecular formula is C19H25N. The monoisotopic (exact) mass is 267 g/mol. The molecule has 1 nitrogen and oxygen atoms in total. The van der Waals surface area contributed by atoms with Crippen molar-refractivity contribution in [2.75, 3.05) is 0 Å². The number of aromatic nitrogens is 1. The van der Waals surface area contributed by atoms with Crippen LogP contribution in [0, 0.1) is 5.41 Å². The van der Waals surface area contributed by atoms with Crippen LogP contribution in [0.5, 0.6) is 0 Å². The van der Waals surface area contributed by atoms with Crippen molar-refractivity contribution < 1.29 is 0 Å². The molecule has 0 fully saturated rings. The fourth-order valence-electron chi connectivity index (χ4n) is 2.73. The van der Waals surface area contributed by atoms with E-state index in [-0.39, 0.29) is 5.41 Å². The largest absolute Gasteiger partial charge is 0.264 e. The van der Waals surface area contributed by atoms with E-state index in [0.717, 1.165) is 12.8 Å². The number of hydrogen-bond acceptors (Lipinski definition) is 1. The molecule has 2 aromatic rings. The normalized spacial score (nSPS) is 11.8. The van der Waals surface area contributed by atoms with Crippen molar-refractivity contribution in [3.63, 3.8) is 0 Å². The van der Waals surface area contributed by atoms with E-state index in [1.807, 2.05) is 18.5 Å². The van der Waals surface area contributed by atoms with Gasteiger partial charge in [0.15, 0.2) is 0 Å². The van der Waals surface area contributed by atoms with E-state index in [4.69, 9.17) is 0 Å². The second-order valence-electron chi connectivity index (χ2n) is 6.78. The van der Waals surface area contributed by atoms with Gasteiger partial charge >= 0.3 is 0 Å². The van der Waals surface area contributed by atoms with E-state index in [2.05, 4.69) is 63.0 Å². The maximum absolute atomic E-state index is 4.21. The summed E-state index contributed by atoms with van der Waals surface area (Å²) in [4.78, 5) is 4.21. The quantitative estimate of drug-likeness (QED) is 0.741. The molecule has 20 heavy (non-hydrogen) atoms. The maximum Gasteiger partial charge on any atom is 0.0300 e. The Bertz CT molecular complexity index is 541. The van der Waals surface area contributed by atoms with Crippen molar-refractivity contribution in [1.29, 1.82) is 0 Å². The van der Waals surface area contributed by atoms with Crippen molar-refractivity contribution in [1.82, 2.24) is 4.98 Å². The molecule has 2 rings (SSSR count). The van der Waals surface area contributed by atoms with Crippen LogP contribution in [0.2, 0.25) is 0 Å². The molecule has 1 aromatic heterocycles. The van der Waals surface area contributed by atoms with E-state index >= 15 is 0 Å². The fraction of sp³-hybridized carbons (Fsp3) is 0.421. The average molecular weight is 267 g/mol. The highest BCUT2D eigenvalue weighted by atomic mass is 14.6. The van der Waals surface area contributed by atoms with Crippen molar-refractivity contribution in [2.24, 2.45) is 5.41 Å². The number of hydrogen-bond donors (Lipinski definition) is 0. The van der Waals surface area contributed by atoms with Crippen LogP contribution in [0.25, 0.3) is 0 Å². The summed E-state index contributed by atoms with van der Waals surface area (Å²) in [5.74, 6) is 0.594. The zero-order chi connectivity index (χ0) is 14.6. The molecule has 1 aromatic carbocycles. The van der Waals surface area contributed by atoms with Gasteiger partial charge in [-0.3, -0.25) is 4.98 Å². The fourth-order valence-corrected chi connectivity index (χ4v) is 2.73. The third kappa shape index (κ3) is 4.19. The van der Waals surface area contributed by atoms with Gasteiger partial charge in [-0.05, 0) is 46.9 Å². The highest BCUT2D eigenvalue weighted by Gasteiger charge is 2.19. The second-order valence-corrected chi connectivity index (χ2v) is 6.78. The Labute approximate surface area is 123 Å². The molecule has 0 unspecified atom stereocenters. The summed E-state index contributed by atoms with van der Waals surface area (Å²) in [6.07, 6.45) is 5.98. The van der Waals surface area contributed by atoms with E-state index in [0.29, 0.717) is 5.92 Å². The van der Waals surface area contributed by atoms with Gasteiger partial charge in [-0.25, -0.2) is 0 Å².